The summed E-state index contributed by atoms with van der Waals surface area (Å²) in [5.74, 6) is -0.632. The number of nitrogens with one attached hydrogen (secondary N) is 1. The summed E-state index contributed by atoms with van der Waals surface area (Å²) in [6.07, 6.45) is 2.39. The van der Waals surface area contributed by atoms with Gasteiger partial charge in [-0.15, -0.1) is 4.59 Å². The van der Waals surface area contributed by atoms with E-state index in [0.29, 0.717) is 22.8 Å². The molecule has 0 spiro atoms. The molecule has 0 saturated carbocycles. The minimum Gasteiger partial charge on any atom is -0.308 e. The number of benzene rings is 2. The van der Waals surface area contributed by atoms with E-state index in [2.05, 4.69) is 5.43 Å². The summed E-state index contributed by atoms with van der Waals surface area (Å²) in [5.41, 5.74) is 5.31. The average molecular weight is 385 g/mol. The zero-order chi connectivity index (χ0) is 19.6. The molecular formula is C21H23ClN3O2+. The van der Waals surface area contributed by atoms with Crippen molar-refractivity contribution < 1.29 is 9.59 Å². The molecule has 1 atom stereocenters. The van der Waals surface area contributed by atoms with E-state index in [9.17, 15) is 9.59 Å². The number of hydrogen-bond acceptors (Lipinski definition) is 3. The van der Waals surface area contributed by atoms with E-state index in [1.807, 2.05) is 43.3 Å². The third-order valence-electron chi connectivity index (χ3n) is 4.87. The van der Waals surface area contributed by atoms with Crippen LogP contribution in [0.3, 0.4) is 0 Å². The van der Waals surface area contributed by atoms with Crippen molar-refractivity contribution in [2.75, 3.05) is 25.5 Å². The van der Waals surface area contributed by atoms with Crippen LogP contribution in [0.5, 0.6) is 0 Å². The molecule has 0 radical (unpaired) electrons. The Kier molecular flexibility index (Phi) is 5.46. The Labute approximate surface area is 164 Å². The smallest absolute Gasteiger partial charge is 0.308 e. The molecule has 140 valence electrons. The van der Waals surface area contributed by atoms with Gasteiger partial charge in [0.25, 0.3) is 5.91 Å². The standard InChI is InChI=1S/C21H23ClN3O2/c1-4-13-24(15-9-6-5-7-10-15)20(26)17-14-16-18(22)11-8-12-19(16)25(3,23-2)21(17)27/h5-12,14,23H,4,13H2,1-3H3/q+1. The van der Waals surface area contributed by atoms with Crippen molar-refractivity contribution in [3.05, 3.63) is 64.7 Å². The van der Waals surface area contributed by atoms with E-state index in [-0.39, 0.29) is 22.0 Å². The quantitative estimate of drug-likeness (QED) is 0.630. The van der Waals surface area contributed by atoms with Crippen molar-refractivity contribution in [1.29, 1.82) is 0 Å². The van der Waals surface area contributed by atoms with Gasteiger partial charge in [-0.2, -0.15) is 5.43 Å². The number of rotatable bonds is 5. The molecule has 6 heteroatoms. The number of likely N-dealkylation sites (N-methyl/N-ethyl adjacent to an activating group) is 1. The van der Waals surface area contributed by atoms with Crippen LogP contribution in [0.2, 0.25) is 5.02 Å². The SMILES string of the molecule is CCCN(C(=O)C1=Cc2c(Cl)cccc2[N+](C)(NC)C1=O)c1ccccc1. The Balaban J connectivity index is 2.13. The highest BCUT2D eigenvalue weighted by Gasteiger charge is 2.45. The number of nitrogens with zero attached hydrogens (tertiary/aromatic N) is 2. The molecule has 5 nitrogen and oxygen atoms in total. The second-order valence-corrected chi connectivity index (χ2v) is 6.97. The van der Waals surface area contributed by atoms with E-state index >= 15 is 0 Å². The molecule has 0 fully saturated rings. The third kappa shape index (κ3) is 3.30. The van der Waals surface area contributed by atoms with Gasteiger partial charge in [0.05, 0.1) is 17.6 Å². The summed E-state index contributed by atoms with van der Waals surface area (Å²) in [5, 5.41) is 0.506. The molecule has 1 N–H and O–H groups in total. The lowest BCUT2D eigenvalue weighted by Crippen LogP contribution is -2.62. The highest BCUT2D eigenvalue weighted by Crippen LogP contribution is 2.37. The molecular weight excluding hydrogens is 362 g/mol. The van der Waals surface area contributed by atoms with Gasteiger partial charge in [-0.3, -0.25) is 4.79 Å². The van der Waals surface area contributed by atoms with Gasteiger partial charge >= 0.3 is 5.91 Å². The topological polar surface area (TPSA) is 49.4 Å². The van der Waals surface area contributed by atoms with Crippen LogP contribution in [0.15, 0.2) is 54.1 Å². The van der Waals surface area contributed by atoms with Gasteiger partial charge in [0.1, 0.15) is 5.57 Å². The lowest BCUT2D eigenvalue weighted by molar-refractivity contribution is -0.130. The molecule has 0 aliphatic carbocycles. The molecule has 1 aliphatic rings. The fourth-order valence-corrected chi connectivity index (χ4v) is 3.54. The summed E-state index contributed by atoms with van der Waals surface area (Å²) in [6.45, 7) is 2.52. The van der Waals surface area contributed by atoms with Crippen molar-refractivity contribution in [2.45, 2.75) is 13.3 Å². The fourth-order valence-electron chi connectivity index (χ4n) is 3.31. The number of amides is 2. The second-order valence-electron chi connectivity index (χ2n) is 6.56. The van der Waals surface area contributed by atoms with Gasteiger partial charge in [0, 0.05) is 25.3 Å². The minimum absolute atomic E-state index is 0.116. The van der Waals surface area contributed by atoms with Crippen molar-refractivity contribution in [2.24, 2.45) is 0 Å². The summed E-state index contributed by atoms with van der Waals surface area (Å²) >= 11 is 6.38. The number of carbonyl (C=O) groups is 2. The summed E-state index contributed by atoms with van der Waals surface area (Å²) in [4.78, 5) is 28.3. The second kappa shape index (κ2) is 7.64. The van der Waals surface area contributed by atoms with Crippen LogP contribution in [-0.4, -0.2) is 32.5 Å². The van der Waals surface area contributed by atoms with Crippen LogP contribution in [0, 0.1) is 0 Å². The van der Waals surface area contributed by atoms with E-state index in [0.717, 1.165) is 12.1 Å². The Morgan fingerprint density at radius 1 is 1.15 bits per heavy atom. The Hall–Kier alpha value is -2.47. The number of carbonyl (C=O) groups excluding carboxylic acids is 2. The molecule has 3 rings (SSSR count). The predicted molar refractivity (Wildman–Crippen MR) is 110 cm³/mol. The van der Waals surface area contributed by atoms with E-state index in [1.165, 1.54) is 0 Å². The number of anilines is 1. The predicted octanol–water partition coefficient (Wildman–Crippen LogP) is 3.78. The monoisotopic (exact) mass is 384 g/mol. The first-order chi connectivity index (χ1) is 12.9. The van der Waals surface area contributed by atoms with Crippen LogP contribution >= 0.6 is 11.6 Å². The first kappa shape index (κ1) is 19.3. The molecule has 1 heterocycles. The van der Waals surface area contributed by atoms with Crippen molar-refractivity contribution in [1.82, 2.24) is 10.0 Å². The van der Waals surface area contributed by atoms with Gasteiger partial charge < -0.3 is 4.90 Å². The minimum atomic E-state index is -0.321. The molecule has 0 bridgehead atoms. The normalized spacial score (nSPS) is 18.7. The average Bonchev–Trinajstić information content (AvgIpc) is 2.69. The first-order valence-corrected chi connectivity index (χ1v) is 9.30. The van der Waals surface area contributed by atoms with E-state index in [4.69, 9.17) is 11.6 Å². The molecule has 0 aromatic heterocycles. The lowest BCUT2D eigenvalue weighted by atomic mass is 9.99. The lowest BCUT2D eigenvalue weighted by Gasteiger charge is -2.35. The largest absolute Gasteiger partial charge is 0.375 e. The molecule has 1 aliphatic heterocycles. The fraction of sp³-hybridized carbons (Fsp3) is 0.238. The van der Waals surface area contributed by atoms with Crippen molar-refractivity contribution >= 4 is 40.9 Å². The van der Waals surface area contributed by atoms with Crippen LogP contribution in [-0.2, 0) is 9.59 Å². The maximum Gasteiger partial charge on any atom is 0.375 e. The van der Waals surface area contributed by atoms with Gasteiger partial charge in [0.2, 0.25) is 0 Å². The van der Waals surface area contributed by atoms with Gasteiger partial charge in [-0.1, -0.05) is 42.8 Å². The van der Waals surface area contributed by atoms with Gasteiger partial charge in [0.15, 0.2) is 5.69 Å². The van der Waals surface area contributed by atoms with Gasteiger partial charge in [-0.25, -0.2) is 4.79 Å². The van der Waals surface area contributed by atoms with Crippen LogP contribution < -0.4 is 14.9 Å². The van der Waals surface area contributed by atoms with E-state index < -0.39 is 0 Å². The van der Waals surface area contributed by atoms with E-state index in [1.54, 1.807) is 37.2 Å². The zero-order valence-corrected chi connectivity index (χ0v) is 16.5. The summed E-state index contributed by atoms with van der Waals surface area (Å²) in [7, 11) is 3.42. The Morgan fingerprint density at radius 2 is 1.85 bits per heavy atom. The molecule has 1 unspecified atom stereocenters. The maximum absolute atomic E-state index is 13.4. The van der Waals surface area contributed by atoms with Crippen LogP contribution in [0.4, 0.5) is 11.4 Å². The zero-order valence-electron chi connectivity index (χ0n) is 15.7. The molecule has 27 heavy (non-hydrogen) atoms. The van der Waals surface area contributed by atoms with Crippen molar-refractivity contribution in [3.8, 4) is 0 Å². The van der Waals surface area contributed by atoms with Crippen LogP contribution in [0.25, 0.3) is 6.08 Å². The maximum atomic E-state index is 13.4. The number of halogens is 1. The number of fused-ring (bicyclic) bond motifs is 1. The summed E-state index contributed by atoms with van der Waals surface area (Å²) < 4.78 is -0.220. The Bertz CT molecular complexity index is 911. The van der Waals surface area contributed by atoms with Crippen molar-refractivity contribution in [3.63, 3.8) is 0 Å². The number of quaternary nitrogens is 1. The highest BCUT2D eigenvalue weighted by molar-refractivity contribution is 6.35. The Morgan fingerprint density at radius 3 is 2.48 bits per heavy atom. The molecule has 0 saturated heterocycles. The third-order valence-corrected chi connectivity index (χ3v) is 5.20. The number of hydrogen-bond donors (Lipinski definition) is 1. The van der Waals surface area contributed by atoms with Crippen LogP contribution in [0.1, 0.15) is 18.9 Å². The number of para-hydroxylation sites is 1. The molecule has 2 aromatic rings. The first-order valence-electron chi connectivity index (χ1n) is 8.92. The molecule has 2 aromatic carbocycles. The molecule has 2 amide bonds. The highest BCUT2D eigenvalue weighted by atomic mass is 35.5. The summed E-state index contributed by atoms with van der Waals surface area (Å²) in [6, 6.07) is 14.8. The van der Waals surface area contributed by atoms with Gasteiger partial charge in [-0.05, 0) is 30.7 Å².